The lowest BCUT2D eigenvalue weighted by atomic mass is 9.85. The number of pyridine rings is 1. The van der Waals surface area contributed by atoms with Gasteiger partial charge in [0, 0.05) is 30.7 Å². The summed E-state index contributed by atoms with van der Waals surface area (Å²) in [4.78, 5) is 32.8. The Morgan fingerprint density at radius 1 is 1.15 bits per heavy atom. The molecule has 3 heterocycles. The molecule has 1 aromatic carbocycles. The standard InChI is InChI=1S/C21H27N3O3/c1-15-4-5-16-13-17(19(26)22-18(16)12-15)14-24-9-3-7-21(24)6-2-8-23(10-11-25)20(21)27/h4-5,12-13,25H,2-3,6-11,14H2,1H3,(H,22,26). The first kappa shape index (κ1) is 18.2. The third kappa shape index (κ3) is 3.17. The van der Waals surface area contributed by atoms with Crippen molar-refractivity contribution in [3.8, 4) is 0 Å². The zero-order chi connectivity index (χ0) is 19.0. The van der Waals surface area contributed by atoms with Crippen molar-refractivity contribution in [3.63, 3.8) is 0 Å². The number of nitrogens with zero attached hydrogens (tertiary/aromatic N) is 2. The fraction of sp³-hybridized carbons (Fsp3) is 0.524. The molecule has 6 heteroatoms. The number of aryl methyl sites for hydroxylation is 1. The lowest BCUT2D eigenvalue weighted by molar-refractivity contribution is -0.148. The number of β-amino-alcohol motifs (C(OH)–C–C–N with tert-alkyl or cyclic N) is 1. The molecule has 2 aliphatic rings. The van der Waals surface area contributed by atoms with E-state index in [4.69, 9.17) is 0 Å². The molecule has 144 valence electrons. The Bertz CT molecular complexity index is 921. The molecule has 0 saturated carbocycles. The molecular formula is C21H27N3O3. The van der Waals surface area contributed by atoms with Crippen LogP contribution in [0.4, 0.5) is 0 Å². The van der Waals surface area contributed by atoms with Gasteiger partial charge in [0.1, 0.15) is 5.54 Å². The van der Waals surface area contributed by atoms with Gasteiger partial charge in [0.2, 0.25) is 5.91 Å². The number of hydrogen-bond acceptors (Lipinski definition) is 4. The molecule has 0 radical (unpaired) electrons. The first-order valence-corrected chi connectivity index (χ1v) is 9.81. The highest BCUT2D eigenvalue weighted by Crippen LogP contribution is 2.39. The number of aliphatic hydroxyl groups is 1. The summed E-state index contributed by atoms with van der Waals surface area (Å²) >= 11 is 0. The van der Waals surface area contributed by atoms with Crippen LogP contribution in [-0.4, -0.2) is 57.6 Å². The molecule has 1 amide bonds. The third-order valence-corrected chi connectivity index (χ3v) is 6.14. The minimum Gasteiger partial charge on any atom is -0.395 e. The highest BCUT2D eigenvalue weighted by molar-refractivity contribution is 5.87. The zero-order valence-electron chi connectivity index (χ0n) is 15.8. The molecule has 1 spiro atoms. The molecule has 1 unspecified atom stereocenters. The number of rotatable bonds is 4. The number of H-pyrrole nitrogens is 1. The van der Waals surface area contributed by atoms with Crippen LogP contribution in [0.2, 0.25) is 0 Å². The van der Waals surface area contributed by atoms with Crippen LogP contribution in [-0.2, 0) is 11.3 Å². The second-order valence-electron chi connectivity index (χ2n) is 7.89. The van der Waals surface area contributed by atoms with Crippen molar-refractivity contribution in [2.75, 3.05) is 26.2 Å². The lowest BCUT2D eigenvalue weighted by Crippen LogP contribution is -2.60. The van der Waals surface area contributed by atoms with Crippen molar-refractivity contribution in [2.24, 2.45) is 0 Å². The summed E-state index contributed by atoms with van der Waals surface area (Å²) in [6.45, 7) is 4.41. The first-order valence-electron chi connectivity index (χ1n) is 9.81. The summed E-state index contributed by atoms with van der Waals surface area (Å²) in [6, 6.07) is 8.01. The number of aliphatic hydroxyl groups excluding tert-OH is 1. The number of nitrogens with one attached hydrogen (secondary N) is 1. The van der Waals surface area contributed by atoms with Crippen LogP contribution >= 0.6 is 0 Å². The quantitative estimate of drug-likeness (QED) is 0.861. The number of piperidine rings is 1. The molecule has 4 rings (SSSR count). The second kappa shape index (κ2) is 7.09. The molecule has 1 aromatic heterocycles. The van der Waals surface area contributed by atoms with Gasteiger partial charge in [-0.05, 0) is 62.2 Å². The van der Waals surface area contributed by atoms with E-state index in [0.29, 0.717) is 25.2 Å². The number of hydrogen-bond donors (Lipinski definition) is 2. The largest absolute Gasteiger partial charge is 0.395 e. The van der Waals surface area contributed by atoms with E-state index in [1.807, 2.05) is 31.2 Å². The van der Waals surface area contributed by atoms with Gasteiger partial charge in [0.25, 0.3) is 5.56 Å². The van der Waals surface area contributed by atoms with E-state index in [-0.39, 0.29) is 18.1 Å². The maximum absolute atomic E-state index is 13.2. The van der Waals surface area contributed by atoms with Crippen molar-refractivity contribution in [1.82, 2.24) is 14.8 Å². The van der Waals surface area contributed by atoms with Crippen LogP contribution in [0.1, 0.15) is 36.8 Å². The molecule has 2 fully saturated rings. The maximum atomic E-state index is 13.2. The van der Waals surface area contributed by atoms with Gasteiger partial charge >= 0.3 is 0 Å². The Morgan fingerprint density at radius 3 is 2.70 bits per heavy atom. The predicted octanol–water partition coefficient (Wildman–Crippen LogP) is 1.79. The molecule has 2 aliphatic heterocycles. The fourth-order valence-electron chi connectivity index (χ4n) is 4.77. The van der Waals surface area contributed by atoms with Gasteiger partial charge < -0.3 is 15.0 Å². The van der Waals surface area contributed by atoms with Crippen LogP contribution in [0.5, 0.6) is 0 Å². The molecule has 6 nitrogen and oxygen atoms in total. The number of aromatic amines is 1. The third-order valence-electron chi connectivity index (χ3n) is 6.14. The Morgan fingerprint density at radius 2 is 1.93 bits per heavy atom. The molecule has 2 aromatic rings. The van der Waals surface area contributed by atoms with Crippen molar-refractivity contribution < 1.29 is 9.90 Å². The lowest BCUT2D eigenvalue weighted by Gasteiger charge is -2.44. The topological polar surface area (TPSA) is 76.6 Å². The highest BCUT2D eigenvalue weighted by atomic mass is 16.3. The molecular weight excluding hydrogens is 342 g/mol. The van der Waals surface area contributed by atoms with Gasteiger partial charge in [-0.2, -0.15) is 0 Å². The summed E-state index contributed by atoms with van der Waals surface area (Å²) in [5.74, 6) is 0.119. The van der Waals surface area contributed by atoms with Gasteiger partial charge in [0.05, 0.1) is 6.61 Å². The second-order valence-corrected chi connectivity index (χ2v) is 7.89. The molecule has 0 bridgehead atoms. The zero-order valence-corrected chi connectivity index (χ0v) is 15.8. The number of likely N-dealkylation sites (tertiary alicyclic amines) is 2. The maximum Gasteiger partial charge on any atom is 0.252 e. The van der Waals surface area contributed by atoms with Crippen LogP contribution in [0.3, 0.4) is 0 Å². The van der Waals surface area contributed by atoms with Gasteiger partial charge in [-0.3, -0.25) is 14.5 Å². The Kier molecular flexibility index (Phi) is 4.78. The SMILES string of the molecule is Cc1ccc2cc(CN3CCCC34CCCN(CCO)C4=O)c(=O)[nH]c2c1. The van der Waals surface area contributed by atoms with Crippen LogP contribution in [0, 0.1) is 6.92 Å². The van der Waals surface area contributed by atoms with E-state index in [1.54, 1.807) is 4.90 Å². The van der Waals surface area contributed by atoms with Crippen LogP contribution in [0.15, 0.2) is 29.1 Å². The number of aromatic nitrogens is 1. The summed E-state index contributed by atoms with van der Waals surface area (Å²) in [6.07, 6.45) is 3.57. The van der Waals surface area contributed by atoms with E-state index in [2.05, 4.69) is 9.88 Å². The van der Waals surface area contributed by atoms with Gasteiger partial charge in [-0.25, -0.2) is 0 Å². The van der Waals surface area contributed by atoms with E-state index >= 15 is 0 Å². The molecule has 2 N–H and O–H groups in total. The van der Waals surface area contributed by atoms with Crippen molar-refractivity contribution in [3.05, 3.63) is 45.7 Å². The van der Waals surface area contributed by atoms with Crippen molar-refractivity contribution in [1.29, 1.82) is 0 Å². The summed E-state index contributed by atoms with van der Waals surface area (Å²) in [5.41, 5.74) is 2.08. The van der Waals surface area contributed by atoms with Crippen molar-refractivity contribution in [2.45, 2.75) is 44.7 Å². The Labute approximate surface area is 158 Å². The van der Waals surface area contributed by atoms with E-state index < -0.39 is 5.54 Å². The van der Waals surface area contributed by atoms with Crippen LogP contribution in [0.25, 0.3) is 10.9 Å². The molecule has 0 aliphatic carbocycles. The molecule has 2 saturated heterocycles. The minimum atomic E-state index is -0.512. The number of fused-ring (bicyclic) bond motifs is 1. The normalized spacial score (nSPS) is 23.6. The van der Waals surface area contributed by atoms with E-state index in [0.717, 1.165) is 48.7 Å². The number of carbonyl (C=O) groups excluding carboxylic acids is 1. The van der Waals surface area contributed by atoms with E-state index in [9.17, 15) is 14.7 Å². The first-order chi connectivity index (χ1) is 13.0. The van der Waals surface area contributed by atoms with E-state index in [1.165, 1.54) is 0 Å². The average Bonchev–Trinajstić information content (AvgIpc) is 3.03. The van der Waals surface area contributed by atoms with Gasteiger partial charge in [-0.1, -0.05) is 12.1 Å². The van der Waals surface area contributed by atoms with Gasteiger partial charge in [0.15, 0.2) is 0 Å². The fourth-order valence-corrected chi connectivity index (χ4v) is 4.77. The average molecular weight is 369 g/mol. The molecule has 27 heavy (non-hydrogen) atoms. The summed E-state index contributed by atoms with van der Waals surface area (Å²) in [7, 11) is 0. The van der Waals surface area contributed by atoms with Crippen molar-refractivity contribution >= 4 is 16.8 Å². The Balaban J connectivity index is 1.64. The Hall–Kier alpha value is -2.18. The number of amides is 1. The summed E-state index contributed by atoms with van der Waals surface area (Å²) in [5, 5.41) is 10.3. The summed E-state index contributed by atoms with van der Waals surface area (Å²) < 4.78 is 0. The predicted molar refractivity (Wildman–Crippen MR) is 105 cm³/mol. The monoisotopic (exact) mass is 369 g/mol. The van der Waals surface area contributed by atoms with Crippen LogP contribution < -0.4 is 5.56 Å². The highest BCUT2D eigenvalue weighted by Gasteiger charge is 2.50. The smallest absolute Gasteiger partial charge is 0.252 e. The number of benzene rings is 1. The minimum absolute atomic E-state index is 0.00835. The molecule has 1 atom stereocenters. The van der Waals surface area contributed by atoms with Gasteiger partial charge in [-0.15, -0.1) is 0 Å². The number of carbonyl (C=O) groups is 1.